The third-order valence-electron chi connectivity index (χ3n) is 1.96. The summed E-state index contributed by atoms with van der Waals surface area (Å²) in [6.45, 7) is 1.55. The second-order valence-corrected chi connectivity index (χ2v) is 3.34. The van der Waals surface area contributed by atoms with Crippen LogP contribution in [0.1, 0.15) is 12.6 Å². The number of imidazole rings is 1. The fourth-order valence-electron chi connectivity index (χ4n) is 1.39. The fraction of sp³-hybridized carbons (Fsp3) is 0.200. The van der Waals surface area contributed by atoms with Crippen LogP contribution >= 0.6 is 0 Å². The van der Waals surface area contributed by atoms with Crippen molar-refractivity contribution in [3.63, 3.8) is 0 Å². The normalized spacial score (nSPS) is 10.6. The molecule has 0 saturated carbocycles. The Labute approximate surface area is 81.4 Å². The average molecular weight is 189 g/mol. The highest BCUT2D eigenvalue weighted by Crippen LogP contribution is 2.09. The minimum absolute atomic E-state index is 0.112. The number of carbonyl (C=O) groups is 1. The zero-order valence-electron chi connectivity index (χ0n) is 7.90. The molecule has 0 atom stereocenters. The van der Waals surface area contributed by atoms with E-state index in [-0.39, 0.29) is 5.78 Å². The second-order valence-electron chi connectivity index (χ2n) is 3.34. The Bertz CT molecular complexity index is 487. The number of nitrogen functional groups attached to an aromatic ring is 1. The van der Waals surface area contributed by atoms with Crippen molar-refractivity contribution in [3.8, 4) is 0 Å². The van der Waals surface area contributed by atoms with E-state index in [0.29, 0.717) is 12.1 Å². The molecule has 0 bridgehead atoms. The van der Waals surface area contributed by atoms with Gasteiger partial charge in [-0.1, -0.05) is 0 Å². The summed E-state index contributed by atoms with van der Waals surface area (Å²) in [4.78, 5) is 15.2. The van der Waals surface area contributed by atoms with Crippen LogP contribution in [-0.2, 0) is 11.2 Å². The molecule has 14 heavy (non-hydrogen) atoms. The quantitative estimate of drug-likeness (QED) is 0.768. The van der Waals surface area contributed by atoms with Crippen LogP contribution in [0.2, 0.25) is 0 Å². The summed E-state index contributed by atoms with van der Waals surface area (Å²) in [7, 11) is 0. The molecule has 72 valence electrons. The molecule has 2 aromatic rings. The maximum absolute atomic E-state index is 10.9. The number of nitrogens with zero attached hydrogens (tertiary/aromatic N) is 2. The molecule has 2 rings (SSSR count). The molecule has 0 saturated heterocycles. The molecule has 4 heteroatoms. The number of nitrogens with two attached hydrogens (primary N) is 1. The van der Waals surface area contributed by atoms with Crippen molar-refractivity contribution in [1.82, 2.24) is 9.38 Å². The summed E-state index contributed by atoms with van der Waals surface area (Å²) in [5, 5.41) is 0. The first-order valence-electron chi connectivity index (χ1n) is 4.38. The molecule has 0 amide bonds. The minimum atomic E-state index is 0.112. The molecule has 0 aliphatic rings. The van der Waals surface area contributed by atoms with Crippen LogP contribution in [0.4, 0.5) is 5.69 Å². The zero-order valence-corrected chi connectivity index (χ0v) is 7.90. The van der Waals surface area contributed by atoms with E-state index in [9.17, 15) is 4.79 Å². The molecular formula is C10H11N3O. The van der Waals surface area contributed by atoms with Gasteiger partial charge < -0.3 is 10.1 Å². The third-order valence-corrected chi connectivity index (χ3v) is 1.96. The number of hydrogen-bond donors (Lipinski definition) is 1. The van der Waals surface area contributed by atoms with Crippen LogP contribution < -0.4 is 5.73 Å². The number of rotatable bonds is 2. The molecule has 2 aromatic heterocycles. The molecule has 0 aliphatic carbocycles. The van der Waals surface area contributed by atoms with E-state index in [4.69, 9.17) is 5.73 Å². The summed E-state index contributed by atoms with van der Waals surface area (Å²) in [5.41, 5.74) is 7.85. The topological polar surface area (TPSA) is 60.4 Å². The number of anilines is 1. The standard InChI is InChI=1S/C10H11N3O/c1-7(14)4-9-6-13-3-2-8(11)5-10(13)12-9/h2-3,5-6H,4,11H2,1H3. The van der Waals surface area contributed by atoms with E-state index in [1.165, 1.54) is 0 Å². The number of Topliss-reactive ketones (excluding diaryl/α,β-unsaturated/α-hetero) is 1. The molecule has 2 heterocycles. The summed E-state index contributed by atoms with van der Waals surface area (Å²) in [5.74, 6) is 0.112. The number of aromatic nitrogens is 2. The lowest BCUT2D eigenvalue weighted by Crippen LogP contribution is -1.95. The predicted octanol–water partition coefficient (Wildman–Crippen LogP) is 1.05. The lowest BCUT2D eigenvalue weighted by atomic mass is 10.2. The van der Waals surface area contributed by atoms with E-state index in [1.54, 1.807) is 19.1 Å². The highest BCUT2D eigenvalue weighted by Gasteiger charge is 2.03. The molecule has 2 N–H and O–H groups in total. The number of ketones is 1. The minimum Gasteiger partial charge on any atom is -0.399 e. The number of fused-ring (bicyclic) bond motifs is 1. The summed E-state index contributed by atoms with van der Waals surface area (Å²) in [6, 6.07) is 3.58. The lowest BCUT2D eigenvalue weighted by molar-refractivity contribution is -0.116. The van der Waals surface area contributed by atoms with Crippen molar-refractivity contribution in [1.29, 1.82) is 0 Å². The monoisotopic (exact) mass is 189 g/mol. The van der Waals surface area contributed by atoms with Gasteiger partial charge in [0, 0.05) is 30.6 Å². The molecular weight excluding hydrogens is 178 g/mol. The summed E-state index contributed by atoms with van der Waals surface area (Å²) >= 11 is 0. The van der Waals surface area contributed by atoms with Crippen molar-refractivity contribution >= 4 is 17.1 Å². The van der Waals surface area contributed by atoms with Crippen LogP contribution in [0.15, 0.2) is 24.5 Å². The molecule has 0 fully saturated rings. The molecule has 0 aliphatic heterocycles. The van der Waals surface area contributed by atoms with Gasteiger partial charge in [0.25, 0.3) is 0 Å². The van der Waals surface area contributed by atoms with Gasteiger partial charge in [-0.2, -0.15) is 0 Å². The van der Waals surface area contributed by atoms with E-state index in [1.807, 2.05) is 16.8 Å². The average Bonchev–Trinajstić information content (AvgIpc) is 2.44. The Hall–Kier alpha value is -1.84. The maximum atomic E-state index is 10.9. The van der Waals surface area contributed by atoms with Crippen molar-refractivity contribution in [2.75, 3.05) is 5.73 Å². The van der Waals surface area contributed by atoms with Crippen molar-refractivity contribution in [3.05, 3.63) is 30.2 Å². The van der Waals surface area contributed by atoms with Gasteiger partial charge in [-0.05, 0) is 13.0 Å². The Morgan fingerprint density at radius 3 is 3.14 bits per heavy atom. The highest BCUT2D eigenvalue weighted by molar-refractivity contribution is 5.77. The van der Waals surface area contributed by atoms with Crippen molar-refractivity contribution < 1.29 is 4.79 Å². The van der Waals surface area contributed by atoms with Gasteiger partial charge in [0.05, 0.1) is 5.69 Å². The molecule has 0 unspecified atom stereocenters. The van der Waals surface area contributed by atoms with Gasteiger partial charge in [-0.25, -0.2) is 4.98 Å². The van der Waals surface area contributed by atoms with E-state index >= 15 is 0 Å². The second kappa shape index (κ2) is 3.14. The highest BCUT2D eigenvalue weighted by atomic mass is 16.1. The number of hydrogen-bond acceptors (Lipinski definition) is 3. The van der Waals surface area contributed by atoms with Crippen LogP contribution in [0.3, 0.4) is 0 Å². The Kier molecular flexibility index (Phi) is 1.96. The van der Waals surface area contributed by atoms with Gasteiger partial charge in [0.2, 0.25) is 0 Å². The molecule has 0 spiro atoms. The van der Waals surface area contributed by atoms with E-state index in [2.05, 4.69) is 4.98 Å². The van der Waals surface area contributed by atoms with Crippen LogP contribution in [0, 0.1) is 0 Å². The maximum Gasteiger partial charge on any atom is 0.139 e. The van der Waals surface area contributed by atoms with Gasteiger partial charge in [0.1, 0.15) is 11.4 Å². The van der Waals surface area contributed by atoms with Gasteiger partial charge in [-0.3, -0.25) is 4.79 Å². The SMILES string of the molecule is CC(=O)Cc1cn2ccc(N)cc2n1. The first-order valence-corrected chi connectivity index (χ1v) is 4.38. The largest absolute Gasteiger partial charge is 0.399 e. The van der Waals surface area contributed by atoms with Crippen molar-refractivity contribution in [2.45, 2.75) is 13.3 Å². The predicted molar refractivity (Wildman–Crippen MR) is 54.0 cm³/mol. The van der Waals surface area contributed by atoms with Crippen LogP contribution in [0.5, 0.6) is 0 Å². The lowest BCUT2D eigenvalue weighted by Gasteiger charge is -1.92. The molecule has 0 radical (unpaired) electrons. The fourth-order valence-corrected chi connectivity index (χ4v) is 1.39. The van der Waals surface area contributed by atoms with E-state index < -0.39 is 0 Å². The first-order chi connectivity index (χ1) is 6.65. The van der Waals surface area contributed by atoms with Crippen LogP contribution in [-0.4, -0.2) is 15.2 Å². The smallest absolute Gasteiger partial charge is 0.139 e. The zero-order chi connectivity index (χ0) is 10.1. The van der Waals surface area contributed by atoms with Gasteiger partial charge in [-0.15, -0.1) is 0 Å². The molecule has 0 aromatic carbocycles. The van der Waals surface area contributed by atoms with Gasteiger partial charge >= 0.3 is 0 Å². The van der Waals surface area contributed by atoms with E-state index in [0.717, 1.165) is 11.3 Å². The summed E-state index contributed by atoms with van der Waals surface area (Å²) in [6.07, 6.45) is 4.05. The third kappa shape index (κ3) is 1.59. The summed E-state index contributed by atoms with van der Waals surface area (Å²) < 4.78 is 1.86. The first kappa shape index (κ1) is 8.74. The Morgan fingerprint density at radius 1 is 1.64 bits per heavy atom. The number of carbonyl (C=O) groups excluding carboxylic acids is 1. The van der Waals surface area contributed by atoms with Crippen LogP contribution in [0.25, 0.3) is 5.65 Å². The Balaban J connectivity index is 2.46. The van der Waals surface area contributed by atoms with Gasteiger partial charge in [0.15, 0.2) is 0 Å². The number of pyridine rings is 1. The Morgan fingerprint density at radius 2 is 2.43 bits per heavy atom. The molecule has 4 nitrogen and oxygen atoms in total. The van der Waals surface area contributed by atoms with Crippen molar-refractivity contribution in [2.24, 2.45) is 0 Å².